The monoisotopic (exact) mass is 346 g/mol. The van der Waals surface area contributed by atoms with Gasteiger partial charge in [-0.15, -0.1) is 0 Å². The first kappa shape index (κ1) is 16.0. The quantitative estimate of drug-likeness (QED) is 0.365. The number of aryl methyl sites for hydroxylation is 2. The molecule has 0 atom stereocenters. The molecular weight excluding hydrogens is 328 g/mol. The summed E-state index contributed by atoms with van der Waals surface area (Å²) >= 11 is 6.30. The zero-order valence-corrected chi connectivity index (χ0v) is 14.7. The highest BCUT2D eigenvalue weighted by atomic mass is 35.5. The van der Waals surface area contributed by atoms with E-state index in [1.807, 2.05) is 12.1 Å². The molecule has 3 aromatic carbocycles. The van der Waals surface area contributed by atoms with Gasteiger partial charge in [-0.25, -0.2) is 0 Å². The van der Waals surface area contributed by atoms with Crippen LogP contribution in [0.25, 0.3) is 21.5 Å². The molecule has 0 aliphatic heterocycles. The molecule has 2 nitrogen and oxygen atoms in total. The molecule has 25 heavy (non-hydrogen) atoms. The van der Waals surface area contributed by atoms with Crippen LogP contribution >= 0.6 is 11.6 Å². The second-order valence-corrected chi connectivity index (χ2v) is 6.71. The summed E-state index contributed by atoms with van der Waals surface area (Å²) in [6.07, 6.45) is 11.7. The summed E-state index contributed by atoms with van der Waals surface area (Å²) in [5.74, 6) is 0. The smallest absolute Gasteiger partial charge is 0.0484 e. The van der Waals surface area contributed by atoms with E-state index in [1.165, 1.54) is 41.8 Å². The van der Waals surface area contributed by atoms with E-state index in [0.29, 0.717) is 0 Å². The predicted molar refractivity (Wildman–Crippen MR) is 105 cm³/mol. The summed E-state index contributed by atoms with van der Waals surface area (Å²) in [6.45, 7) is 0. The Hall–Kier alpha value is -2.45. The standard InChI is InChI=1S/C18H15Cl.C4H4N2/c19-18-7-3-6-14-16-9-8-12-4-1-2-5-13(12)15(16)10-11-17(14)18;1-2-6-4-3-5-1/h3,6-11H,1-2,4-5H2;1-4H. The Balaban J connectivity index is 0.000000223. The van der Waals surface area contributed by atoms with Crippen LogP contribution in [0.15, 0.2) is 67.3 Å². The van der Waals surface area contributed by atoms with E-state index in [2.05, 4.69) is 40.3 Å². The minimum Gasteiger partial charge on any atom is -0.262 e. The van der Waals surface area contributed by atoms with Crippen LogP contribution in [0, 0.1) is 0 Å². The molecule has 5 rings (SSSR count). The van der Waals surface area contributed by atoms with Crippen LogP contribution in [-0.4, -0.2) is 9.97 Å². The Kier molecular flexibility index (Phi) is 4.62. The highest BCUT2D eigenvalue weighted by Gasteiger charge is 2.13. The molecule has 0 fully saturated rings. The molecule has 0 amide bonds. The van der Waals surface area contributed by atoms with Gasteiger partial charge in [0, 0.05) is 35.2 Å². The lowest BCUT2D eigenvalue weighted by Gasteiger charge is -2.18. The Morgan fingerprint density at radius 1 is 0.640 bits per heavy atom. The topological polar surface area (TPSA) is 25.8 Å². The first-order chi connectivity index (χ1) is 12.3. The fraction of sp³-hybridized carbons (Fsp3) is 0.182. The summed E-state index contributed by atoms with van der Waals surface area (Å²) in [5, 5.41) is 6.05. The van der Waals surface area contributed by atoms with Gasteiger partial charge in [-0.2, -0.15) is 0 Å². The van der Waals surface area contributed by atoms with Crippen molar-refractivity contribution in [3.8, 4) is 0 Å². The van der Waals surface area contributed by atoms with Crippen molar-refractivity contribution in [2.75, 3.05) is 0 Å². The van der Waals surface area contributed by atoms with Gasteiger partial charge in [0.15, 0.2) is 0 Å². The Bertz CT molecular complexity index is 986. The summed E-state index contributed by atoms with van der Waals surface area (Å²) < 4.78 is 0. The Morgan fingerprint density at radius 3 is 2.04 bits per heavy atom. The second-order valence-electron chi connectivity index (χ2n) is 6.30. The zero-order chi connectivity index (χ0) is 17.1. The fourth-order valence-corrected chi connectivity index (χ4v) is 3.88. The molecule has 0 bridgehead atoms. The van der Waals surface area contributed by atoms with E-state index < -0.39 is 0 Å². The molecule has 1 aromatic heterocycles. The third kappa shape index (κ3) is 3.22. The molecule has 0 radical (unpaired) electrons. The van der Waals surface area contributed by atoms with E-state index in [-0.39, 0.29) is 0 Å². The first-order valence-corrected chi connectivity index (χ1v) is 9.04. The molecule has 1 aliphatic carbocycles. The van der Waals surface area contributed by atoms with Crippen LogP contribution in [0.2, 0.25) is 5.02 Å². The van der Waals surface area contributed by atoms with Crippen LogP contribution in [-0.2, 0) is 12.8 Å². The van der Waals surface area contributed by atoms with Crippen molar-refractivity contribution >= 4 is 33.1 Å². The van der Waals surface area contributed by atoms with Crippen molar-refractivity contribution in [1.82, 2.24) is 9.97 Å². The third-order valence-electron chi connectivity index (χ3n) is 4.81. The molecule has 0 spiro atoms. The van der Waals surface area contributed by atoms with Gasteiger partial charge in [0.1, 0.15) is 0 Å². The van der Waals surface area contributed by atoms with Gasteiger partial charge in [-0.3, -0.25) is 9.97 Å². The minimum absolute atomic E-state index is 0.845. The van der Waals surface area contributed by atoms with Crippen LogP contribution in [0.1, 0.15) is 24.0 Å². The number of aromatic nitrogens is 2. The van der Waals surface area contributed by atoms with Crippen molar-refractivity contribution in [2.45, 2.75) is 25.7 Å². The van der Waals surface area contributed by atoms with Crippen LogP contribution in [0.4, 0.5) is 0 Å². The zero-order valence-electron chi connectivity index (χ0n) is 14.0. The molecule has 1 aliphatic rings. The van der Waals surface area contributed by atoms with Crippen LogP contribution in [0.3, 0.4) is 0 Å². The molecular formula is C22H19ClN2. The summed E-state index contributed by atoms with van der Waals surface area (Å²) in [7, 11) is 0. The minimum atomic E-state index is 0.845. The van der Waals surface area contributed by atoms with Gasteiger partial charge in [-0.05, 0) is 59.0 Å². The SMILES string of the molecule is Clc1cccc2c1ccc1c3c(ccc12)CCCC3.c1cnccn1. The maximum atomic E-state index is 6.30. The van der Waals surface area contributed by atoms with Gasteiger partial charge in [0.25, 0.3) is 0 Å². The number of hydrogen-bond donors (Lipinski definition) is 0. The van der Waals surface area contributed by atoms with E-state index in [0.717, 1.165) is 10.4 Å². The number of benzene rings is 3. The highest BCUT2D eigenvalue weighted by molar-refractivity contribution is 6.36. The molecule has 0 N–H and O–H groups in total. The average Bonchev–Trinajstić information content (AvgIpc) is 2.69. The molecule has 4 aromatic rings. The Labute approximate surface area is 152 Å². The highest BCUT2D eigenvalue weighted by Crippen LogP contribution is 2.35. The lowest BCUT2D eigenvalue weighted by molar-refractivity contribution is 0.690. The van der Waals surface area contributed by atoms with Gasteiger partial charge in [0.2, 0.25) is 0 Å². The van der Waals surface area contributed by atoms with Crippen LogP contribution in [0.5, 0.6) is 0 Å². The number of halogens is 1. The van der Waals surface area contributed by atoms with E-state index in [1.54, 1.807) is 35.9 Å². The fourth-order valence-electron chi connectivity index (χ4n) is 3.64. The third-order valence-corrected chi connectivity index (χ3v) is 5.14. The first-order valence-electron chi connectivity index (χ1n) is 8.66. The normalized spacial score (nSPS) is 13.2. The Morgan fingerprint density at radius 2 is 1.28 bits per heavy atom. The summed E-state index contributed by atoms with van der Waals surface area (Å²) in [4.78, 5) is 7.44. The van der Waals surface area contributed by atoms with E-state index in [4.69, 9.17) is 11.6 Å². The van der Waals surface area contributed by atoms with Gasteiger partial charge in [-0.1, -0.05) is 48.0 Å². The van der Waals surface area contributed by atoms with Gasteiger partial charge in [0.05, 0.1) is 0 Å². The van der Waals surface area contributed by atoms with E-state index >= 15 is 0 Å². The number of hydrogen-bond acceptors (Lipinski definition) is 2. The van der Waals surface area contributed by atoms with Crippen molar-refractivity contribution in [3.63, 3.8) is 0 Å². The number of nitrogens with zero attached hydrogens (tertiary/aromatic N) is 2. The maximum absolute atomic E-state index is 6.30. The summed E-state index contributed by atoms with van der Waals surface area (Å²) in [6, 6.07) is 15.2. The molecule has 0 saturated carbocycles. The maximum Gasteiger partial charge on any atom is 0.0484 e. The van der Waals surface area contributed by atoms with E-state index in [9.17, 15) is 0 Å². The van der Waals surface area contributed by atoms with Crippen LogP contribution < -0.4 is 0 Å². The molecule has 124 valence electrons. The lowest BCUT2D eigenvalue weighted by Crippen LogP contribution is -2.03. The molecule has 0 saturated heterocycles. The predicted octanol–water partition coefficient (Wildman–Crippen LogP) is 6.00. The summed E-state index contributed by atoms with van der Waals surface area (Å²) in [5.41, 5.74) is 3.10. The average molecular weight is 347 g/mol. The van der Waals surface area contributed by atoms with Gasteiger partial charge >= 0.3 is 0 Å². The largest absolute Gasteiger partial charge is 0.262 e. The number of fused-ring (bicyclic) bond motifs is 5. The second kappa shape index (κ2) is 7.20. The van der Waals surface area contributed by atoms with Gasteiger partial charge < -0.3 is 0 Å². The van der Waals surface area contributed by atoms with Crippen molar-refractivity contribution in [3.05, 3.63) is 83.4 Å². The molecule has 3 heteroatoms. The molecule has 0 unspecified atom stereocenters. The lowest BCUT2D eigenvalue weighted by atomic mass is 9.86. The van der Waals surface area contributed by atoms with Crippen molar-refractivity contribution in [2.24, 2.45) is 0 Å². The molecule has 1 heterocycles. The van der Waals surface area contributed by atoms with Crippen molar-refractivity contribution in [1.29, 1.82) is 0 Å². The number of rotatable bonds is 0. The van der Waals surface area contributed by atoms with Crippen molar-refractivity contribution < 1.29 is 0 Å².